The lowest BCUT2D eigenvalue weighted by Gasteiger charge is -2.28. The predicted molar refractivity (Wildman–Crippen MR) is 71.7 cm³/mol. The number of likely N-dealkylation sites (N-methyl/N-ethyl adjacent to an activating group) is 1. The molecule has 2 N–H and O–H groups in total. The topological polar surface area (TPSA) is 46.3 Å². The minimum Gasteiger partial charge on any atom is -0.342 e. The number of amides is 1. The smallest absolute Gasteiger partial charge is 0.239 e. The van der Waals surface area contributed by atoms with Gasteiger partial charge in [-0.05, 0) is 25.7 Å². The van der Waals surface area contributed by atoms with Crippen LogP contribution >= 0.6 is 0 Å². The van der Waals surface area contributed by atoms with Crippen LogP contribution in [0, 0.1) is 5.92 Å². The zero-order valence-electron chi connectivity index (χ0n) is 11.5. The highest BCUT2D eigenvalue weighted by atomic mass is 16.2. The van der Waals surface area contributed by atoms with E-state index in [1.807, 2.05) is 11.8 Å². The lowest BCUT2D eigenvalue weighted by Crippen LogP contribution is -2.45. The van der Waals surface area contributed by atoms with Crippen molar-refractivity contribution >= 4 is 5.91 Å². The maximum absolute atomic E-state index is 12.1. The lowest BCUT2D eigenvalue weighted by atomic mass is 9.85. The third-order valence-electron chi connectivity index (χ3n) is 3.82. The molecule has 0 aromatic rings. The fourth-order valence-electron chi connectivity index (χ4n) is 2.81. The molecule has 17 heavy (non-hydrogen) atoms. The van der Waals surface area contributed by atoms with Gasteiger partial charge in [0.05, 0.1) is 6.04 Å². The Kier molecular flexibility index (Phi) is 6.56. The van der Waals surface area contributed by atoms with E-state index in [2.05, 4.69) is 6.92 Å². The molecular formula is C14H28N2O. The molecule has 1 aliphatic carbocycles. The number of carbonyl (C=O) groups is 1. The van der Waals surface area contributed by atoms with Gasteiger partial charge in [-0.25, -0.2) is 0 Å². The number of nitrogens with two attached hydrogens (primary N) is 1. The van der Waals surface area contributed by atoms with Gasteiger partial charge in [0.25, 0.3) is 0 Å². The van der Waals surface area contributed by atoms with E-state index in [4.69, 9.17) is 5.73 Å². The minimum atomic E-state index is -0.274. The molecule has 0 heterocycles. The number of hydrogen-bond donors (Lipinski definition) is 1. The van der Waals surface area contributed by atoms with Gasteiger partial charge in [0, 0.05) is 13.1 Å². The molecule has 0 saturated heterocycles. The minimum absolute atomic E-state index is 0.153. The van der Waals surface area contributed by atoms with E-state index in [1.165, 1.54) is 32.1 Å². The lowest BCUT2D eigenvalue weighted by molar-refractivity contribution is -0.132. The van der Waals surface area contributed by atoms with E-state index < -0.39 is 0 Å². The summed E-state index contributed by atoms with van der Waals surface area (Å²) in [4.78, 5) is 14.0. The van der Waals surface area contributed by atoms with E-state index in [-0.39, 0.29) is 11.9 Å². The third-order valence-corrected chi connectivity index (χ3v) is 3.82. The summed E-state index contributed by atoms with van der Waals surface area (Å²) in [5.41, 5.74) is 6.06. The Morgan fingerprint density at radius 2 is 1.94 bits per heavy atom. The van der Waals surface area contributed by atoms with Crippen LogP contribution in [0.1, 0.15) is 58.8 Å². The third kappa shape index (κ3) is 4.66. The highest BCUT2D eigenvalue weighted by Gasteiger charge is 2.23. The molecule has 0 aromatic heterocycles. The highest BCUT2D eigenvalue weighted by Crippen LogP contribution is 2.27. The molecule has 0 spiro atoms. The van der Waals surface area contributed by atoms with Crippen LogP contribution in [-0.4, -0.2) is 29.9 Å². The van der Waals surface area contributed by atoms with Crippen molar-refractivity contribution in [2.24, 2.45) is 11.7 Å². The van der Waals surface area contributed by atoms with Gasteiger partial charge < -0.3 is 10.6 Å². The summed E-state index contributed by atoms with van der Waals surface area (Å²) >= 11 is 0. The van der Waals surface area contributed by atoms with Gasteiger partial charge in [-0.2, -0.15) is 0 Å². The maximum atomic E-state index is 12.1. The van der Waals surface area contributed by atoms with Crippen molar-refractivity contribution in [3.8, 4) is 0 Å². The monoisotopic (exact) mass is 240 g/mol. The van der Waals surface area contributed by atoms with Crippen molar-refractivity contribution in [1.29, 1.82) is 0 Å². The summed E-state index contributed by atoms with van der Waals surface area (Å²) in [6.45, 7) is 5.75. The Morgan fingerprint density at radius 3 is 2.47 bits per heavy atom. The van der Waals surface area contributed by atoms with Crippen LogP contribution in [0.4, 0.5) is 0 Å². The Labute approximate surface area is 106 Å². The van der Waals surface area contributed by atoms with Gasteiger partial charge in [-0.3, -0.25) is 4.79 Å². The van der Waals surface area contributed by atoms with Crippen molar-refractivity contribution in [2.75, 3.05) is 13.1 Å². The van der Waals surface area contributed by atoms with Crippen LogP contribution in [0.15, 0.2) is 0 Å². The first-order valence-corrected chi connectivity index (χ1v) is 7.23. The zero-order chi connectivity index (χ0) is 12.7. The quantitative estimate of drug-likeness (QED) is 0.775. The summed E-state index contributed by atoms with van der Waals surface area (Å²) in [6.07, 6.45) is 8.42. The molecule has 0 bridgehead atoms. The second-order valence-electron chi connectivity index (χ2n) is 5.26. The van der Waals surface area contributed by atoms with Gasteiger partial charge in [-0.1, -0.05) is 39.0 Å². The van der Waals surface area contributed by atoms with Crippen LogP contribution in [0.5, 0.6) is 0 Å². The molecule has 1 amide bonds. The van der Waals surface area contributed by atoms with Crippen molar-refractivity contribution < 1.29 is 4.79 Å². The molecule has 100 valence electrons. The van der Waals surface area contributed by atoms with Gasteiger partial charge in [0.2, 0.25) is 5.91 Å². The molecule has 1 saturated carbocycles. The molecule has 0 aliphatic heterocycles. The van der Waals surface area contributed by atoms with Crippen LogP contribution in [0.2, 0.25) is 0 Å². The van der Waals surface area contributed by atoms with Gasteiger partial charge in [0.15, 0.2) is 0 Å². The number of nitrogens with zero attached hydrogens (tertiary/aromatic N) is 1. The average Bonchev–Trinajstić information content (AvgIpc) is 2.36. The molecule has 0 radical (unpaired) electrons. The molecule has 1 fully saturated rings. The fourth-order valence-corrected chi connectivity index (χ4v) is 2.81. The number of rotatable bonds is 6. The Balaban J connectivity index is 2.38. The van der Waals surface area contributed by atoms with Gasteiger partial charge in [0.1, 0.15) is 0 Å². The molecule has 1 rings (SSSR count). The fraction of sp³-hybridized carbons (Fsp3) is 0.929. The normalized spacial score (nSPS) is 19.0. The van der Waals surface area contributed by atoms with E-state index in [9.17, 15) is 4.79 Å². The first kappa shape index (κ1) is 14.5. The van der Waals surface area contributed by atoms with Crippen LogP contribution in [0.25, 0.3) is 0 Å². The molecule has 1 unspecified atom stereocenters. The standard InChI is InChI=1S/C14H28N2O/c1-3-10-16(4-2)14(17)13(15)11-12-8-6-5-7-9-12/h12-13H,3-11,15H2,1-2H3. The maximum Gasteiger partial charge on any atom is 0.239 e. The molecule has 3 nitrogen and oxygen atoms in total. The average molecular weight is 240 g/mol. The molecule has 0 aromatic carbocycles. The Hall–Kier alpha value is -0.570. The molecule has 3 heteroatoms. The Bertz CT molecular complexity index is 224. The molecular weight excluding hydrogens is 212 g/mol. The summed E-state index contributed by atoms with van der Waals surface area (Å²) in [6, 6.07) is -0.274. The molecule has 1 aliphatic rings. The van der Waals surface area contributed by atoms with E-state index in [0.29, 0.717) is 5.92 Å². The largest absolute Gasteiger partial charge is 0.342 e. The molecule has 1 atom stereocenters. The summed E-state index contributed by atoms with van der Waals surface area (Å²) < 4.78 is 0. The van der Waals surface area contributed by atoms with E-state index >= 15 is 0 Å². The van der Waals surface area contributed by atoms with Crippen molar-refractivity contribution in [3.63, 3.8) is 0 Å². The first-order chi connectivity index (χ1) is 8.19. The van der Waals surface area contributed by atoms with Crippen LogP contribution in [0.3, 0.4) is 0 Å². The second kappa shape index (κ2) is 7.70. The first-order valence-electron chi connectivity index (χ1n) is 7.23. The highest BCUT2D eigenvalue weighted by molar-refractivity contribution is 5.81. The predicted octanol–water partition coefficient (Wildman–Crippen LogP) is 2.54. The summed E-state index contributed by atoms with van der Waals surface area (Å²) in [7, 11) is 0. The van der Waals surface area contributed by atoms with Gasteiger partial charge in [-0.15, -0.1) is 0 Å². The zero-order valence-corrected chi connectivity index (χ0v) is 11.5. The van der Waals surface area contributed by atoms with Crippen molar-refractivity contribution in [2.45, 2.75) is 64.8 Å². The van der Waals surface area contributed by atoms with Crippen molar-refractivity contribution in [3.05, 3.63) is 0 Å². The van der Waals surface area contributed by atoms with Crippen LogP contribution < -0.4 is 5.73 Å². The van der Waals surface area contributed by atoms with E-state index in [0.717, 1.165) is 25.9 Å². The summed E-state index contributed by atoms with van der Waals surface area (Å²) in [5, 5.41) is 0. The number of carbonyl (C=O) groups excluding carboxylic acids is 1. The van der Waals surface area contributed by atoms with Gasteiger partial charge >= 0.3 is 0 Å². The summed E-state index contributed by atoms with van der Waals surface area (Å²) in [5.74, 6) is 0.836. The van der Waals surface area contributed by atoms with Crippen LogP contribution in [-0.2, 0) is 4.79 Å². The van der Waals surface area contributed by atoms with E-state index in [1.54, 1.807) is 0 Å². The Morgan fingerprint density at radius 1 is 1.29 bits per heavy atom. The number of hydrogen-bond acceptors (Lipinski definition) is 2. The van der Waals surface area contributed by atoms with Crippen molar-refractivity contribution in [1.82, 2.24) is 4.90 Å². The second-order valence-corrected chi connectivity index (χ2v) is 5.26. The SMILES string of the molecule is CCCN(CC)C(=O)C(N)CC1CCCCC1.